The van der Waals surface area contributed by atoms with Crippen molar-refractivity contribution in [1.82, 2.24) is 0 Å². The molecule has 17 heavy (non-hydrogen) atoms. The molecule has 0 aliphatic rings. The van der Waals surface area contributed by atoms with Crippen LogP contribution < -0.4 is 0 Å². The molecule has 0 saturated carbocycles. The fourth-order valence-corrected chi connectivity index (χ4v) is 1.05. The standard InChI is InChI=1S/C11H8FNO4/c1-2-17-11(14)6-3-8-7-9(12)4-5-10(8)13(15)16/h4-5,7H,2H2,1H3. The van der Waals surface area contributed by atoms with Crippen molar-refractivity contribution in [3.05, 3.63) is 39.7 Å². The van der Waals surface area contributed by atoms with Crippen LogP contribution in [0.25, 0.3) is 0 Å². The van der Waals surface area contributed by atoms with E-state index in [1.807, 2.05) is 5.92 Å². The third-order valence-electron chi connectivity index (χ3n) is 1.73. The molecule has 1 aromatic rings. The van der Waals surface area contributed by atoms with Crippen LogP contribution in [0, 0.1) is 27.8 Å². The zero-order valence-corrected chi connectivity index (χ0v) is 8.90. The number of esters is 1. The van der Waals surface area contributed by atoms with E-state index in [0.717, 1.165) is 18.2 Å². The summed E-state index contributed by atoms with van der Waals surface area (Å²) in [6.07, 6.45) is 0. The lowest BCUT2D eigenvalue weighted by molar-refractivity contribution is -0.385. The van der Waals surface area contributed by atoms with Gasteiger partial charge in [0.1, 0.15) is 11.4 Å². The summed E-state index contributed by atoms with van der Waals surface area (Å²) in [4.78, 5) is 20.8. The zero-order valence-electron chi connectivity index (χ0n) is 8.90. The van der Waals surface area contributed by atoms with Gasteiger partial charge in [0.25, 0.3) is 5.69 Å². The van der Waals surface area contributed by atoms with E-state index in [1.54, 1.807) is 6.92 Å². The fourth-order valence-electron chi connectivity index (χ4n) is 1.05. The van der Waals surface area contributed by atoms with Gasteiger partial charge in [-0.2, -0.15) is 0 Å². The molecule has 0 N–H and O–H groups in total. The van der Waals surface area contributed by atoms with Crippen LogP contribution in [0.2, 0.25) is 0 Å². The molecule has 0 fully saturated rings. The van der Waals surface area contributed by atoms with Crippen molar-refractivity contribution in [3.63, 3.8) is 0 Å². The van der Waals surface area contributed by atoms with Gasteiger partial charge in [-0.1, -0.05) is 0 Å². The van der Waals surface area contributed by atoms with Crippen molar-refractivity contribution >= 4 is 11.7 Å². The monoisotopic (exact) mass is 237 g/mol. The van der Waals surface area contributed by atoms with Crippen LogP contribution in [0.15, 0.2) is 18.2 Å². The second-order valence-electron chi connectivity index (χ2n) is 2.89. The Morgan fingerprint density at radius 1 is 1.59 bits per heavy atom. The van der Waals surface area contributed by atoms with E-state index >= 15 is 0 Å². The van der Waals surface area contributed by atoms with E-state index in [9.17, 15) is 19.3 Å². The maximum atomic E-state index is 12.9. The molecule has 0 aliphatic carbocycles. The molecule has 0 amide bonds. The number of ether oxygens (including phenoxy) is 1. The van der Waals surface area contributed by atoms with E-state index in [-0.39, 0.29) is 17.9 Å². The molecule has 0 radical (unpaired) electrons. The number of carbonyl (C=O) groups excluding carboxylic acids is 1. The average molecular weight is 237 g/mol. The largest absolute Gasteiger partial charge is 0.456 e. The van der Waals surface area contributed by atoms with Crippen molar-refractivity contribution < 1.29 is 18.8 Å². The summed E-state index contributed by atoms with van der Waals surface area (Å²) in [5.74, 6) is 2.78. The van der Waals surface area contributed by atoms with Crippen LogP contribution in [-0.2, 0) is 9.53 Å². The highest BCUT2D eigenvalue weighted by Crippen LogP contribution is 2.18. The lowest BCUT2D eigenvalue weighted by atomic mass is 10.2. The van der Waals surface area contributed by atoms with Crippen LogP contribution in [0.1, 0.15) is 12.5 Å². The number of carbonyl (C=O) groups is 1. The molecule has 0 bridgehead atoms. The van der Waals surface area contributed by atoms with E-state index in [0.29, 0.717) is 0 Å². The third-order valence-corrected chi connectivity index (χ3v) is 1.73. The second-order valence-corrected chi connectivity index (χ2v) is 2.89. The highest BCUT2D eigenvalue weighted by molar-refractivity contribution is 5.89. The maximum Gasteiger partial charge on any atom is 0.384 e. The number of nitrogens with zero attached hydrogens (tertiary/aromatic N) is 1. The Bertz CT molecular complexity index is 516. The van der Waals surface area contributed by atoms with Crippen LogP contribution in [0.5, 0.6) is 0 Å². The lowest BCUT2D eigenvalue weighted by Crippen LogP contribution is -2.00. The first-order valence-electron chi connectivity index (χ1n) is 4.67. The minimum atomic E-state index is -0.814. The molecule has 6 heteroatoms. The van der Waals surface area contributed by atoms with Gasteiger partial charge in [-0.3, -0.25) is 10.1 Å². The molecule has 0 heterocycles. The number of hydrogen-bond donors (Lipinski definition) is 0. The summed E-state index contributed by atoms with van der Waals surface area (Å²) in [6, 6.07) is 2.84. The molecular formula is C11H8FNO4. The van der Waals surface area contributed by atoms with Crippen molar-refractivity contribution in [1.29, 1.82) is 0 Å². The molecule has 0 aromatic heterocycles. The summed E-state index contributed by atoms with van der Waals surface area (Å²) < 4.78 is 17.4. The second kappa shape index (κ2) is 5.61. The zero-order chi connectivity index (χ0) is 12.8. The van der Waals surface area contributed by atoms with Gasteiger partial charge in [-0.15, -0.1) is 0 Å². The van der Waals surface area contributed by atoms with Gasteiger partial charge in [0.05, 0.1) is 11.5 Å². The van der Waals surface area contributed by atoms with Crippen molar-refractivity contribution in [2.24, 2.45) is 0 Å². The van der Waals surface area contributed by atoms with E-state index in [1.165, 1.54) is 0 Å². The van der Waals surface area contributed by atoms with Crippen molar-refractivity contribution in [2.45, 2.75) is 6.92 Å². The third kappa shape index (κ3) is 3.57. The van der Waals surface area contributed by atoms with E-state index in [2.05, 4.69) is 10.7 Å². The molecule has 0 unspecified atom stereocenters. The highest BCUT2D eigenvalue weighted by atomic mass is 19.1. The summed E-state index contributed by atoms with van der Waals surface area (Å²) in [5.41, 5.74) is -0.522. The Hall–Kier alpha value is -2.42. The van der Waals surface area contributed by atoms with Gasteiger partial charge in [0.15, 0.2) is 0 Å². The number of benzene rings is 1. The van der Waals surface area contributed by atoms with Gasteiger partial charge in [-0.05, 0) is 25.0 Å². The highest BCUT2D eigenvalue weighted by Gasteiger charge is 2.12. The quantitative estimate of drug-likeness (QED) is 0.339. The Morgan fingerprint density at radius 2 is 2.29 bits per heavy atom. The topological polar surface area (TPSA) is 69.4 Å². The van der Waals surface area contributed by atoms with E-state index in [4.69, 9.17) is 0 Å². The number of rotatable bonds is 2. The molecule has 0 atom stereocenters. The number of hydrogen-bond acceptors (Lipinski definition) is 4. The summed E-state index contributed by atoms with van der Waals surface area (Å²) >= 11 is 0. The molecule has 88 valence electrons. The maximum absolute atomic E-state index is 12.9. The van der Waals surface area contributed by atoms with E-state index < -0.39 is 16.7 Å². The predicted molar refractivity (Wildman–Crippen MR) is 56.6 cm³/mol. The van der Waals surface area contributed by atoms with Gasteiger partial charge < -0.3 is 4.74 Å². The van der Waals surface area contributed by atoms with Crippen LogP contribution in [0.4, 0.5) is 10.1 Å². The molecule has 0 saturated heterocycles. The predicted octanol–water partition coefficient (Wildman–Crippen LogP) is 1.65. The first-order valence-corrected chi connectivity index (χ1v) is 4.67. The molecule has 0 spiro atoms. The van der Waals surface area contributed by atoms with Crippen LogP contribution in [0.3, 0.4) is 0 Å². The smallest absolute Gasteiger partial charge is 0.384 e. The van der Waals surface area contributed by atoms with Crippen molar-refractivity contribution in [3.8, 4) is 11.8 Å². The fraction of sp³-hybridized carbons (Fsp3) is 0.182. The number of halogens is 1. The molecule has 1 rings (SSSR count). The number of nitro benzene ring substituents is 1. The Balaban J connectivity index is 3.08. The SMILES string of the molecule is CCOC(=O)C#Cc1cc(F)ccc1[N+](=O)[O-]. The lowest BCUT2D eigenvalue weighted by Gasteiger charge is -1.95. The Kier molecular flexibility index (Phi) is 4.17. The molecule has 1 aromatic carbocycles. The molecular weight excluding hydrogens is 229 g/mol. The summed E-state index contributed by atoms with van der Waals surface area (Å²) in [6.45, 7) is 1.75. The van der Waals surface area contributed by atoms with Gasteiger partial charge in [0.2, 0.25) is 0 Å². The summed E-state index contributed by atoms with van der Waals surface area (Å²) in [7, 11) is 0. The van der Waals surface area contributed by atoms with Crippen LogP contribution in [-0.4, -0.2) is 17.5 Å². The van der Waals surface area contributed by atoms with Gasteiger partial charge in [0, 0.05) is 12.0 Å². The van der Waals surface area contributed by atoms with Crippen molar-refractivity contribution in [2.75, 3.05) is 6.61 Å². The first kappa shape index (κ1) is 12.6. The minimum absolute atomic E-state index is 0.152. The molecule has 5 nitrogen and oxygen atoms in total. The van der Waals surface area contributed by atoms with Crippen LogP contribution >= 0.6 is 0 Å². The Labute approximate surface area is 96.3 Å². The Morgan fingerprint density at radius 3 is 2.88 bits per heavy atom. The summed E-state index contributed by atoms with van der Waals surface area (Å²) in [5, 5.41) is 10.6. The average Bonchev–Trinajstić information content (AvgIpc) is 2.26. The molecule has 0 aliphatic heterocycles. The van der Waals surface area contributed by atoms with Gasteiger partial charge >= 0.3 is 5.97 Å². The minimum Gasteiger partial charge on any atom is -0.456 e. The first-order chi connectivity index (χ1) is 8.04. The number of nitro groups is 1. The van der Waals surface area contributed by atoms with Gasteiger partial charge in [-0.25, -0.2) is 9.18 Å². The normalized spacial score (nSPS) is 9.06.